The first-order valence-corrected chi connectivity index (χ1v) is 18.5. The molecule has 2 rings (SSSR count). The summed E-state index contributed by atoms with van der Waals surface area (Å²) in [6, 6.07) is -4.38. The SMILES string of the molecule is CCCCCC[C@H]1OC(=O)CNC(=O)[C@H](CCC(C)=O)NC(=O)[C@H](CN)NC(=O)[C@H](C2CCCCC2)NC(=O)[C@H](CC(C)C)N(C)C(=O)[C@@H]1C. The highest BCUT2D eigenvalue weighted by atomic mass is 16.5. The van der Waals surface area contributed by atoms with E-state index in [-0.39, 0.29) is 42.9 Å². The van der Waals surface area contributed by atoms with Crippen LogP contribution < -0.4 is 27.0 Å². The van der Waals surface area contributed by atoms with E-state index in [0.717, 1.165) is 38.5 Å². The highest BCUT2D eigenvalue weighted by Gasteiger charge is 2.39. The highest BCUT2D eigenvalue weighted by molar-refractivity contribution is 5.96. The minimum Gasteiger partial charge on any atom is -0.460 e. The van der Waals surface area contributed by atoms with Gasteiger partial charge in [0.05, 0.1) is 5.92 Å². The quantitative estimate of drug-likeness (QED) is 0.148. The topological polar surface area (TPSA) is 206 Å². The van der Waals surface area contributed by atoms with Crippen molar-refractivity contribution in [2.24, 2.45) is 23.5 Å². The Hall–Kier alpha value is -3.55. The summed E-state index contributed by atoms with van der Waals surface area (Å²) in [5.74, 6) is -4.90. The minimum atomic E-state index is -1.25. The van der Waals surface area contributed by atoms with Gasteiger partial charge in [-0.2, -0.15) is 0 Å². The van der Waals surface area contributed by atoms with Crippen LogP contribution in [-0.4, -0.2) is 96.6 Å². The fraction of sp³-hybridized carbons (Fsp3) is 0.806. The molecule has 0 aromatic rings. The number of hydrogen-bond acceptors (Lipinski definition) is 9. The maximum atomic E-state index is 14.1. The summed E-state index contributed by atoms with van der Waals surface area (Å²) in [6.07, 6.45) is 7.52. The van der Waals surface area contributed by atoms with Gasteiger partial charge < -0.3 is 41.4 Å². The minimum absolute atomic E-state index is 0.0208. The molecule has 1 saturated heterocycles. The molecule has 2 aliphatic rings. The van der Waals surface area contributed by atoms with Crippen LogP contribution in [0.4, 0.5) is 0 Å². The van der Waals surface area contributed by atoms with Crippen LogP contribution in [0.3, 0.4) is 0 Å². The molecular formula is C36H62N6O8. The molecule has 14 nitrogen and oxygen atoms in total. The number of ether oxygens (including phenoxy) is 1. The van der Waals surface area contributed by atoms with Crippen LogP contribution in [0.2, 0.25) is 0 Å². The van der Waals surface area contributed by atoms with Gasteiger partial charge in [-0.1, -0.05) is 66.2 Å². The smallest absolute Gasteiger partial charge is 0.325 e. The fourth-order valence-corrected chi connectivity index (χ4v) is 6.69. The van der Waals surface area contributed by atoms with E-state index in [9.17, 15) is 33.6 Å². The average molecular weight is 707 g/mol. The van der Waals surface area contributed by atoms with Crippen LogP contribution in [0.5, 0.6) is 0 Å². The van der Waals surface area contributed by atoms with Gasteiger partial charge in [-0.25, -0.2) is 0 Å². The first-order valence-electron chi connectivity index (χ1n) is 18.5. The van der Waals surface area contributed by atoms with Crippen LogP contribution in [0.1, 0.15) is 118 Å². The molecule has 1 saturated carbocycles. The largest absolute Gasteiger partial charge is 0.460 e. The molecule has 14 heteroatoms. The van der Waals surface area contributed by atoms with Crippen molar-refractivity contribution < 1.29 is 38.3 Å². The number of amides is 5. The fourth-order valence-electron chi connectivity index (χ4n) is 6.69. The molecule has 1 aliphatic carbocycles. The number of esters is 1. The predicted octanol–water partition coefficient (Wildman–Crippen LogP) is 1.87. The second kappa shape index (κ2) is 21.6. The van der Waals surface area contributed by atoms with Gasteiger partial charge in [-0.15, -0.1) is 0 Å². The molecule has 0 aromatic heterocycles. The van der Waals surface area contributed by atoms with Crippen molar-refractivity contribution in [3.63, 3.8) is 0 Å². The summed E-state index contributed by atoms with van der Waals surface area (Å²) < 4.78 is 5.80. The number of likely N-dealkylation sites (N-methyl/N-ethyl adjacent to an activating group) is 1. The van der Waals surface area contributed by atoms with Crippen molar-refractivity contribution in [3.05, 3.63) is 0 Å². The molecule has 1 aliphatic heterocycles. The Morgan fingerprint density at radius 2 is 1.54 bits per heavy atom. The lowest BCUT2D eigenvalue weighted by atomic mass is 9.83. The van der Waals surface area contributed by atoms with Crippen molar-refractivity contribution in [3.8, 4) is 0 Å². The Morgan fingerprint density at radius 3 is 2.14 bits per heavy atom. The van der Waals surface area contributed by atoms with E-state index in [2.05, 4.69) is 28.2 Å². The summed E-state index contributed by atoms with van der Waals surface area (Å²) in [4.78, 5) is 95.0. The monoisotopic (exact) mass is 706 g/mol. The predicted molar refractivity (Wildman–Crippen MR) is 188 cm³/mol. The molecule has 5 amide bonds. The van der Waals surface area contributed by atoms with Crippen molar-refractivity contribution >= 4 is 41.3 Å². The van der Waals surface area contributed by atoms with Gasteiger partial charge in [0.15, 0.2) is 0 Å². The number of carbonyl (C=O) groups is 7. The van der Waals surface area contributed by atoms with Crippen molar-refractivity contribution in [1.82, 2.24) is 26.2 Å². The number of nitrogens with two attached hydrogens (primary N) is 1. The molecule has 284 valence electrons. The molecule has 50 heavy (non-hydrogen) atoms. The van der Waals surface area contributed by atoms with Gasteiger partial charge in [0.2, 0.25) is 29.5 Å². The first-order chi connectivity index (χ1) is 23.7. The van der Waals surface area contributed by atoms with Gasteiger partial charge in [-0.3, -0.25) is 28.8 Å². The number of nitrogens with one attached hydrogen (secondary N) is 4. The molecule has 0 aromatic carbocycles. The van der Waals surface area contributed by atoms with Gasteiger partial charge in [-0.05, 0) is 57.3 Å². The van der Waals surface area contributed by atoms with E-state index in [1.54, 1.807) is 14.0 Å². The Balaban J connectivity index is 2.57. The van der Waals surface area contributed by atoms with Gasteiger partial charge in [0.1, 0.15) is 42.6 Å². The number of Topliss-reactive ketones (excluding diaryl/α,β-unsaturated/α-hetero) is 1. The third kappa shape index (κ3) is 13.6. The number of ketones is 1. The number of carbonyl (C=O) groups excluding carboxylic acids is 7. The lowest BCUT2D eigenvalue weighted by Gasteiger charge is -2.36. The average Bonchev–Trinajstić information content (AvgIpc) is 3.08. The summed E-state index contributed by atoms with van der Waals surface area (Å²) in [5, 5.41) is 10.7. The van der Waals surface area contributed by atoms with E-state index in [4.69, 9.17) is 10.5 Å². The first kappa shape index (κ1) is 42.6. The molecule has 6 N–H and O–H groups in total. The van der Waals surface area contributed by atoms with Crippen LogP contribution in [0, 0.1) is 17.8 Å². The number of nitrogens with zero attached hydrogens (tertiary/aromatic N) is 1. The van der Waals surface area contributed by atoms with E-state index in [1.807, 2.05) is 13.8 Å². The standard InChI is InChI=1S/C36H62N6O8/c1-7-8-9-13-16-29-24(5)36(49)42(6)28(19-22(2)3)34(47)41-31(25-14-11-10-12-15-25)35(48)40-27(20-37)33(46)39-26(18-17-23(4)43)32(45)38-21-30(44)50-29/h22,24-29,31H,7-21,37H2,1-6H3,(H,38,45)(H,39,46)(H,40,48)(H,41,47)/t24-,26+,27+,28+,29-,31+/m1/s1. The number of unbranched alkanes of at least 4 members (excludes halogenated alkanes) is 3. The van der Waals surface area contributed by atoms with Crippen LogP contribution >= 0.6 is 0 Å². The summed E-state index contributed by atoms with van der Waals surface area (Å²) >= 11 is 0. The van der Waals surface area contributed by atoms with E-state index < -0.39 is 72.3 Å². The zero-order valence-electron chi connectivity index (χ0n) is 31.0. The van der Waals surface area contributed by atoms with E-state index >= 15 is 0 Å². The highest BCUT2D eigenvalue weighted by Crippen LogP contribution is 2.28. The Labute approximate surface area is 297 Å². The number of rotatable bonds is 12. The maximum absolute atomic E-state index is 14.1. The molecule has 6 atom stereocenters. The van der Waals surface area contributed by atoms with Crippen molar-refractivity contribution in [1.29, 1.82) is 0 Å². The van der Waals surface area contributed by atoms with Crippen LogP contribution in [0.25, 0.3) is 0 Å². The second-order valence-corrected chi connectivity index (χ2v) is 14.5. The van der Waals surface area contributed by atoms with Gasteiger partial charge in [0.25, 0.3) is 0 Å². The zero-order valence-corrected chi connectivity index (χ0v) is 31.0. The molecule has 1 heterocycles. The molecule has 0 unspecified atom stereocenters. The molecule has 0 bridgehead atoms. The van der Waals surface area contributed by atoms with Crippen LogP contribution in [-0.2, 0) is 38.3 Å². The Kier molecular flexibility index (Phi) is 18.4. The summed E-state index contributed by atoms with van der Waals surface area (Å²) in [5.41, 5.74) is 5.93. The van der Waals surface area contributed by atoms with Gasteiger partial charge in [0, 0.05) is 20.0 Å². The lowest BCUT2D eigenvalue weighted by molar-refractivity contribution is -0.157. The number of hydrogen-bond donors (Lipinski definition) is 5. The number of cyclic esters (lactones) is 1. The Bertz CT molecular complexity index is 1170. The van der Waals surface area contributed by atoms with Crippen LogP contribution in [0.15, 0.2) is 0 Å². The lowest BCUT2D eigenvalue weighted by Crippen LogP contribution is -2.61. The summed E-state index contributed by atoms with van der Waals surface area (Å²) in [6.45, 7) is 8.14. The molecule has 0 radical (unpaired) electrons. The molecule has 0 spiro atoms. The zero-order chi connectivity index (χ0) is 37.4. The maximum Gasteiger partial charge on any atom is 0.325 e. The Morgan fingerprint density at radius 1 is 0.880 bits per heavy atom. The van der Waals surface area contributed by atoms with Crippen molar-refractivity contribution in [2.75, 3.05) is 20.1 Å². The molecular weight excluding hydrogens is 644 g/mol. The van der Waals surface area contributed by atoms with Gasteiger partial charge >= 0.3 is 5.97 Å². The normalized spacial score (nSPS) is 27.3. The second-order valence-electron chi connectivity index (χ2n) is 14.5. The molecule has 2 fully saturated rings. The summed E-state index contributed by atoms with van der Waals surface area (Å²) in [7, 11) is 1.55. The third-order valence-electron chi connectivity index (χ3n) is 9.78. The van der Waals surface area contributed by atoms with E-state index in [0.29, 0.717) is 32.1 Å². The van der Waals surface area contributed by atoms with E-state index in [1.165, 1.54) is 11.8 Å². The van der Waals surface area contributed by atoms with Crippen molar-refractivity contribution in [2.45, 2.75) is 148 Å². The third-order valence-corrected chi connectivity index (χ3v) is 9.78.